The Balaban J connectivity index is 2.09. The fourth-order valence-corrected chi connectivity index (χ4v) is 3.69. The fourth-order valence-electron chi connectivity index (χ4n) is 2.06. The van der Waals surface area contributed by atoms with Gasteiger partial charge in [-0.05, 0) is 42.8 Å². The summed E-state index contributed by atoms with van der Waals surface area (Å²) in [6.07, 6.45) is 1.33. The van der Waals surface area contributed by atoms with E-state index in [4.69, 9.17) is 23.2 Å². The maximum Gasteiger partial charge on any atom is 0.339 e. The number of ether oxygens (including phenoxy) is 1. The highest BCUT2D eigenvalue weighted by Gasteiger charge is 2.23. The molecule has 0 saturated heterocycles. The van der Waals surface area contributed by atoms with Gasteiger partial charge in [0.15, 0.2) is 0 Å². The number of aromatic nitrogens is 1. The molecule has 134 valence electrons. The molecule has 0 amide bonds. The molecular formula is C16H16Cl2N2O4S. The highest BCUT2D eigenvalue weighted by atomic mass is 35.5. The number of rotatable bonds is 6. The molecule has 1 unspecified atom stereocenters. The lowest BCUT2D eigenvalue weighted by Gasteiger charge is -2.15. The summed E-state index contributed by atoms with van der Waals surface area (Å²) >= 11 is 11.8. The van der Waals surface area contributed by atoms with Gasteiger partial charge in [0, 0.05) is 16.2 Å². The maximum absolute atomic E-state index is 12.4. The zero-order valence-corrected chi connectivity index (χ0v) is 15.8. The van der Waals surface area contributed by atoms with Crippen molar-refractivity contribution in [3.8, 4) is 0 Å². The number of nitrogens with zero attached hydrogens (tertiary/aromatic N) is 1. The van der Waals surface area contributed by atoms with Gasteiger partial charge in [-0.3, -0.25) is 4.98 Å². The van der Waals surface area contributed by atoms with Crippen LogP contribution in [0, 0.1) is 0 Å². The van der Waals surface area contributed by atoms with Gasteiger partial charge in [0.1, 0.15) is 0 Å². The van der Waals surface area contributed by atoms with Crippen molar-refractivity contribution in [3.05, 3.63) is 63.4 Å². The largest absolute Gasteiger partial charge is 0.465 e. The van der Waals surface area contributed by atoms with Gasteiger partial charge in [0.2, 0.25) is 10.0 Å². The van der Waals surface area contributed by atoms with E-state index in [-0.39, 0.29) is 12.1 Å². The minimum absolute atomic E-state index is 0.0115. The van der Waals surface area contributed by atoms with Crippen molar-refractivity contribution in [3.63, 3.8) is 0 Å². The van der Waals surface area contributed by atoms with Crippen molar-refractivity contribution in [2.45, 2.75) is 18.7 Å². The van der Waals surface area contributed by atoms with Gasteiger partial charge in [0.05, 0.1) is 30.2 Å². The third-order valence-corrected chi connectivity index (χ3v) is 5.71. The van der Waals surface area contributed by atoms with Crippen LogP contribution >= 0.6 is 23.2 Å². The molecule has 0 fully saturated rings. The molecule has 2 aromatic rings. The van der Waals surface area contributed by atoms with E-state index in [1.54, 1.807) is 18.2 Å². The Bertz CT molecular complexity index is 850. The third-order valence-electron chi connectivity index (χ3n) is 3.52. The molecule has 1 aromatic heterocycles. The maximum atomic E-state index is 12.4. The Morgan fingerprint density at radius 2 is 1.88 bits per heavy atom. The number of pyridine rings is 1. The van der Waals surface area contributed by atoms with Crippen LogP contribution in [0.15, 0.2) is 36.5 Å². The lowest BCUT2D eigenvalue weighted by Crippen LogP contribution is -2.28. The number of hydrogen-bond acceptors (Lipinski definition) is 5. The molecule has 0 aliphatic rings. The monoisotopic (exact) mass is 402 g/mol. The van der Waals surface area contributed by atoms with Crippen molar-refractivity contribution in [2.24, 2.45) is 0 Å². The standard InChI is InChI=1S/C16H16Cl2N2O4S/c1-10(12-5-13(17)7-14(18)6-12)25(22,23)20-9-15-4-3-11(8-19-15)16(21)24-2/h3-8,10,20H,9H2,1-2H3. The first-order chi connectivity index (χ1) is 11.7. The van der Waals surface area contributed by atoms with Crippen molar-refractivity contribution >= 4 is 39.2 Å². The average molecular weight is 403 g/mol. The quantitative estimate of drug-likeness (QED) is 0.748. The number of halogens is 2. The van der Waals surface area contributed by atoms with Gasteiger partial charge in [-0.15, -0.1) is 0 Å². The lowest BCUT2D eigenvalue weighted by molar-refractivity contribution is 0.0600. The summed E-state index contributed by atoms with van der Waals surface area (Å²) in [5.74, 6) is -0.508. The van der Waals surface area contributed by atoms with E-state index in [2.05, 4.69) is 14.4 Å². The second-order valence-electron chi connectivity index (χ2n) is 5.24. The molecule has 0 aliphatic heterocycles. The molecule has 1 N–H and O–H groups in total. The van der Waals surface area contributed by atoms with E-state index >= 15 is 0 Å². The molecule has 0 bridgehead atoms. The molecule has 9 heteroatoms. The van der Waals surface area contributed by atoms with Gasteiger partial charge >= 0.3 is 5.97 Å². The smallest absolute Gasteiger partial charge is 0.339 e. The number of benzene rings is 1. The minimum atomic E-state index is -3.68. The van der Waals surface area contributed by atoms with Gasteiger partial charge in [0.25, 0.3) is 0 Å². The summed E-state index contributed by atoms with van der Waals surface area (Å²) in [4.78, 5) is 15.4. The topological polar surface area (TPSA) is 85.4 Å². The molecule has 1 aromatic carbocycles. The molecular weight excluding hydrogens is 387 g/mol. The SMILES string of the molecule is COC(=O)c1ccc(CNS(=O)(=O)C(C)c2cc(Cl)cc(Cl)c2)nc1. The van der Waals surface area contributed by atoms with E-state index in [9.17, 15) is 13.2 Å². The third kappa shape index (κ3) is 5.15. The van der Waals surface area contributed by atoms with Gasteiger partial charge in [-0.2, -0.15) is 0 Å². The van der Waals surface area contributed by atoms with Crippen LogP contribution < -0.4 is 4.72 Å². The summed E-state index contributed by atoms with van der Waals surface area (Å²) in [6, 6.07) is 7.71. The molecule has 0 spiro atoms. The Labute approximate surface area is 156 Å². The normalized spacial score (nSPS) is 12.6. The van der Waals surface area contributed by atoms with Crippen LogP contribution in [0.5, 0.6) is 0 Å². The minimum Gasteiger partial charge on any atom is -0.465 e. The Morgan fingerprint density at radius 3 is 2.40 bits per heavy atom. The number of carbonyl (C=O) groups is 1. The van der Waals surface area contributed by atoms with Crippen molar-refractivity contribution in [2.75, 3.05) is 7.11 Å². The van der Waals surface area contributed by atoms with Crippen molar-refractivity contribution in [1.82, 2.24) is 9.71 Å². The van der Waals surface area contributed by atoms with E-state index < -0.39 is 21.2 Å². The molecule has 1 heterocycles. The summed E-state index contributed by atoms with van der Waals surface area (Å²) in [6.45, 7) is 1.53. The van der Waals surface area contributed by atoms with Crippen LogP contribution in [-0.2, 0) is 21.3 Å². The molecule has 6 nitrogen and oxygen atoms in total. The second kappa shape index (κ2) is 8.14. The lowest BCUT2D eigenvalue weighted by atomic mass is 10.2. The molecule has 2 rings (SSSR count). The van der Waals surface area contributed by atoms with Crippen LogP contribution in [0.4, 0.5) is 0 Å². The van der Waals surface area contributed by atoms with E-state index in [0.717, 1.165) is 0 Å². The van der Waals surface area contributed by atoms with Crippen molar-refractivity contribution < 1.29 is 17.9 Å². The molecule has 0 radical (unpaired) electrons. The molecule has 1 atom stereocenters. The Morgan fingerprint density at radius 1 is 1.24 bits per heavy atom. The second-order valence-corrected chi connectivity index (χ2v) is 8.20. The number of sulfonamides is 1. The first kappa shape index (κ1) is 19.7. The predicted molar refractivity (Wildman–Crippen MR) is 96.2 cm³/mol. The van der Waals surface area contributed by atoms with E-state index in [0.29, 0.717) is 21.3 Å². The molecule has 25 heavy (non-hydrogen) atoms. The number of methoxy groups -OCH3 is 1. The van der Waals surface area contributed by atoms with Crippen molar-refractivity contribution in [1.29, 1.82) is 0 Å². The van der Waals surface area contributed by atoms with Gasteiger partial charge < -0.3 is 4.74 Å². The first-order valence-electron chi connectivity index (χ1n) is 7.20. The Hall–Kier alpha value is -1.67. The number of esters is 1. The fraction of sp³-hybridized carbons (Fsp3) is 0.250. The van der Waals surface area contributed by atoms with Crippen LogP contribution in [0.25, 0.3) is 0 Å². The van der Waals surface area contributed by atoms with Crippen LogP contribution in [0.2, 0.25) is 10.0 Å². The molecule has 0 saturated carbocycles. The zero-order valence-electron chi connectivity index (χ0n) is 13.5. The summed E-state index contributed by atoms with van der Waals surface area (Å²) in [5, 5.41) is -0.118. The predicted octanol–water partition coefficient (Wildman–Crippen LogP) is 3.36. The van der Waals surface area contributed by atoms with Crippen LogP contribution in [-0.4, -0.2) is 26.5 Å². The number of nitrogens with one attached hydrogen (secondary N) is 1. The summed E-state index contributed by atoms with van der Waals surface area (Å²) in [7, 11) is -2.40. The summed E-state index contributed by atoms with van der Waals surface area (Å²) < 4.78 is 32.0. The highest BCUT2D eigenvalue weighted by molar-refractivity contribution is 7.89. The zero-order chi connectivity index (χ0) is 18.6. The average Bonchev–Trinajstić information content (AvgIpc) is 2.58. The van der Waals surface area contributed by atoms with Gasteiger partial charge in [-0.1, -0.05) is 23.2 Å². The van der Waals surface area contributed by atoms with Gasteiger partial charge in [-0.25, -0.2) is 17.9 Å². The first-order valence-corrected chi connectivity index (χ1v) is 9.51. The highest BCUT2D eigenvalue weighted by Crippen LogP contribution is 2.27. The van der Waals surface area contributed by atoms with Crippen LogP contribution in [0.3, 0.4) is 0 Å². The Kier molecular flexibility index (Phi) is 6.40. The number of carbonyl (C=O) groups excluding carboxylic acids is 1. The molecule has 0 aliphatic carbocycles. The van der Waals surface area contributed by atoms with Crippen LogP contribution in [0.1, 0.15) is 33.8 Å². The van der Waals surface area contributed by atoms with E-state index in [1.807, 2.05) is 0 Å². The van der Waals surface area contributed by atoms with E-state index in [1.165, 1.54) is 32.4 Å². The number of hydrogen-bond donors (Lipinski definition) is 1. The summed E-state index contributed by atoms with van der Waals surface area (Å²) in [5.41, 5.74) is 1.24.